The monoisotopic (exact) mass is 442 g/mol. The van der Waals surface area contributed by atoms with Gasteiger partial charge in [0, 0.05) is 6.61 Å². The summed E-state index contributed by atoms with van der Waals surface area (Å²) >= 11 is 0. The summed E-state index contributed by atoms with van der Waals surface area (Å²) in [6.07, 6.45) is 2.14. The van der Waals surface area contributed by atoms with Gasteiger partial charge in [-0.1, -0.05) is 26.0 Å². The minimum absolute atomic E-state index is 0.199. The molecule has 1 aromatic rings. The van der Waals surface area contributed by atoms with Gasteiger partial charge in [0.25, 0.3) is 0 Å². The molecule has 0 aliphatic carbocycles. The second kappa shape index (κ2) is 13.3. The summed E-state index contributed by atoms with van der Waals surface area (Å²) < 4.78 is 22.7. The van der Waals surface area contributed by atoms with E-state index in [-0.39, 0.29) is 31.1 Å². The maximum Gasteiger partial charge on any atom is 0.407 e. The van der Waals surface area contributed by atoms with Gasteiger partial charge < -0.3 is 24.3 Å². The van der Waals surface area contributed by atoms with Crippen LogP contribution < -0.4 is 5.32 Å². The predicted octanol–water partition coefficient (Wildman–Crippen LogP) is 2.56. The molecule has 1 amide bonds. The van der Waals surface area contributed by atoms with E-state index in [1.807, 2.05) is 0 Å². The summed E-state index contributed by atoms with van der Waals surface area (Å²) in [4.78, 5) is 23.3. The van der Waals surface area contributed by atoms with Crippen molar-refractivity contribution in [3.63, 3.8) is 0 Å². The van der Waals surface area contributed by atoms with Crippen LogP contribution in [0.3, 0.4) is 0 Å². The van der Waals surface area contributed by atoms with E-state index in [9.17, 15) is 9.59 Å². The molecule has 0 bridgehead atoms. The number of ether oxygens (including phenoxy) is 4. The van der Waals surface area contributed by atoms with Crippen molar-refractivity contribution in [1.82, 2.24) is 20.3 Å². The van der Waals surface area contributed by atoms with Crippen LogP contribution in [0.4, 0.5) is 4.79 Å². The molecule has 1 N–H and O–H groups in total. The topological polar surface area (TPSA) is 114 Å². The first kappa shape index (κ1) is 26.8. The average molecular weight is 443 g/mol. The lowest BCUT2D eigenvalue weighted by Crippen LogP contribution is -2.25. The highest BCUT2D eigenvalue weighted by molar-refractivity contribution is 5.75. The molecule has 10 nitrogen and oxygen atoms in total. The Kier molecular flexibility index (Phi) is 11.5. The molecule has 1 rings (SSSR count). The number of carbonyl (C=O) groups excluding carboxylic acids is 2. The molecule has 1 heterocycles. The Hall–Kier alpha value is -2.20. The third-order valence-electron chi connectivity index (χ3n) is 4.00. The zero-order chi connectivity index (χ0) is 23.3. The Morgan fingerprint density at radius 1 is 0.935 bits per heavy atom. The van der Waals surface area contributed by atoms with Crippen LogP contribution in [0.5, 0.6) is 0 Å². The lowest BCUT2D eigenvalue weighted by molar-refractivity contribution is -0.154. The molecule has 0 atom stereocenters. The van der Waals surface area contributed by atoms with Gasteiger partial charge in [0.1, 0.15) is 18.9 Å². The molecular weight excluding hydrogens is 404 g/mol. The van der Waals surface area contributed by atoms with E-state index in [1.165, 1.54) is 0 Å². The highest BCUT2D eigenvalue weighted by atomic mass is 16.6. The zero-order valence-corrected chi connectivity index (χ0v) is 19.7. The fraction of sp³-hybridized carbons (Fsp3) is 0.810. The van der Waals surface area contributed by atoms with Crippen molar-refractivity contribution in [2.75, 3.05) is 39.6 Å². The van der Waals surface area contributed by atoms with Gasteiger partial charge in [-0.05, 0) is 32.6 Å². The van der Waals surface area contributed by atoms with E-state index in [1.54, 1.807) is 31.6 Å². The van der Waals surface area contributed by atoms with Gasteiger partial charge in [0.05, 0.1) is 44.5 Å². The highest BCUT2D eigenvalue weighted by Gasteiger charge is 2.22. The summed E-state index contributed by atoms with van der Waals surface area (Å²) in [7, 11) is 0. The van der Waals surface area contributed by atoms with Gasteiger partial charge in [-0.15, -0.1) is 5.10 Å². The summed E-state index contributed by atoms with van der Waals surface area (Å²) in [5.74, 6) is -0.254. The fourth-order valence-electron chi connectivity index (χ4n) is 2.09. The first-order chi connectivity index (χ1) is 14.5. The number of rotatable bonds is 13. The van der Waals surface area contributed by atoms with Crippen LogP contribution in [0.15, 0.2) is 6.20 Å². The molecule has 0 aromatic carbocycles. The van der Waals surface area contributed by atoms with Gasteiger partial charge >= 0.3 is 12.1 Å². The molecule has 0 aliphatic heterocycles. The van der Waals surface area contributed by atoms with Crippen LogP contribution in [0.1, 0.15) is 53.7 Å². The van der Waals surface area contributed by atoms with Crippen LogP contribution in [0, 0.1) is 10.8 Å². The minimum atomic E-state index is -0.526. The Bertz CT molecular complexity index is 664. The smallest absolute Gasteiger partial charge is 0.407 e. The largest absolute Gasteiger partial charge is 0.463 e. The number of alkyl carbamates (subject to hydrolysis) is 1. The van der Waals surface area contributed by atoms with Crippen molar-refractivity contribution in [2.24, 2.45) is 10.8 Å². The van der Waals surface area contributed by atoms with E-state index in [0.717, 1.165) is 6.42 Å². The second-order valence-electron chi connectivity index (χ2n) is 9.38. The van der Waals surface area contributed by atoms with Gasteiger partial charge in [-0.25, -0.2) is 9.48 Å². The van der Waals surface area contributed by atoms with Crippen LogP contribution in [0.25, 0.3) is 0 Å². The number of carbonyl (C=O) groups is 2. The van der Waals surface area contributed by atoms with Crippen molar-refractivity contribution in [2.45, 2.75) is 61.1 Å². The maximum atomic E-state index is 11.7. The van der Waals surface area contributed by atoms with E-state index in [2.05, 4.69) is 36.4 Å². The van der Waals surface area contributed by atoms with Crippen molar-refractivity contribution in [3.05, 3.63) is 11.9 Å². The first-order valence-corrected chi connectivity index (χ1v) is 10.6. The van der Waals surface area contributed by atoms with Gasteiger partial charge in [0.2, 0.25) is 0 Å². The Morgan fingerprint density at radius 3 is 2.23 bits per heavy atom. The van der Waals surface area contributed by atoms with Crippen LogP contribution in [-0.2, 0) is 36.8 Å². The van der Waals surface area contributed by atoms with Crippen molar-refractivity contribution >= 4 is 12.1 Å². The first-order valence-electron chi connectivity index (χ1n) is 10.6. The molecule has 1 aromatic heterocycles. The third kappa shape index (κ3) is 13.7. The Morgan fingerprint density at radius 2 is 1.58 bits per heavy atom. The molecule has 0 saturated carbocycles. The molecule has 0 spiro atoms. The normalized spacial score (nSPS) is 11.9. The lowest BCUT2D eigenvalue weighted by Gasteiger charge is -2.17. The molecule has 0 unspecified atom stereocenters. The maximum absolute atomic E-state index is 11.7. The molecule has 31 heavy (non-hydrogen) atoms. The van der Waals surface area contributed by atoms with Crippen LogP contribution in [0.2, 0.25) is 0 Å². The van der Waals surface area contributed by atoms with E-state index >= 15 is 0 Å². The van der Waals surface area contributed by atoms with E-state index in [4.69, 9.17) is 18.9 Å². The lowest BCUT2D eigenvalue weighted by atomic mass is 9.93. The number of nitrogens with zero attached hydrogens (tertiary/aromatic N) is 3. The molecular formula is C21H38N4O6. The SMILES string of the molecule is CC(C)(C)CCOCCOC(=O)NCc1cn(CCOCCOC(=O)C(C)(C)C)nn1. The standard InChI is InChI=1S/C21H38N4O6/c1-20(2,3)7-9-28-12-14-31-19(27)22-15-17-16-25(24-23-17)8-10-29-11-13-30-18(26)21(4,5)6/h16H,7-15H2,1-6H3,(H,22,27). The number of aromatic nitrogens is 3. The molecule has 0 radical (unpaired) electrons. The third-order valence-corrected chi connectivity index (χ3v) is 4.00. The summed E-state index contributed by atoms with van der Waals surface area (Å²) in [6.45, 7) is 14.7. The number of hydrogen-bond donors (Lipinski definition) is 1. The Labute approximate surface area is 184 Å². The average Bonchev–Trinajstić information content (AvgIpc) is 3.11. The van der Waals surface area contributed by atoms with Crippen molar-refractivity contribution in [3.8, 4) is 0 Å². The number of amides is 1. The van der Waals surface area contributed by atoms with Gasteiger partial charge in [-0.3, -0.25) is 4.79 Å². The Balaban J connectivity index is 2.08. The van der Waals surface area contributed by atoms with Crippen LogP contribution in [-0.4, -0.2) is 66.7 Å². The zero-order valence-electron chi connectivity index (χ0n) is 19.7. The van der Waals surface area contributed by atoms with Crippen LogP contribution >= 0.6 is 0 Å². The quantitative estimate of drug-likeness (QED) is 0.366. The minimum Gasteiger partial charge on any atom is -0.463 e. The summed E-state index contributed by atoms with van der Waals surface area (Å²) in [6, 6.07) is 0. The molecule has 0 aliphatic rings. The van der Waals surface area contributed by atoms with Crippen molar-refractivity contribution < 1.29 is 28.5 Å². The predicted molar refractivity (Wildman–Crippen MR) is 114 cm³/mol. The molecule has 0 fully saturated rings. The molecule has 10 heteroatoms. The van der Waals surface area contributed by atoms with Crippen molar-refractivity contribution in [1.29, 1.82) is 0 Å². The number of hydrogen-bond acceptors (Lipinski definition) is 8. The van der Waals surface area contributed by atoms with E-state index < -0.39 is 11.5 Å². The highest BCUT2D eigenvalue weighted by Crippen LogP contribution is 2.17. The second-order valence-corrected chi connectivity index (χ2v) is 9.38. The summed E-state index contributed by atoms with van der Waals surface area (Å²) in [5.41, 5.74) is 0.317. The van der Waals surface area contributed by atoms with Gasteiger partial charge in [-0.2, -0.15) is 0 Å². The molecule has 0 saturated heterocycles. The van der Waals surface area contributed by atoms with E-state index in [0.29, 0.717) is 38.7 Å². The fourth-order valence-corrected chi connectivity index (χ4v) is 2.09. The van der Waals surface area contributed by atoms with Gasteiger partial charge in [0.15, 0.2) is 0 Å². The number of esters is 1. The summed E-state index contributed by atoms with van der Waals surface area (Å²) in [5, 5.41) is 10.6. The number of nitrogens with one attached hydrogen (secondary N) is 1. The molecule has 178 valence electrons.